The molecule has 0 unspecified atom stereocenters. The summed E-state index contributed by atoms with van der Waals surface area (Å²) in [5.41, 5.74) is 1.45. The number of carbonyl (C=O) groups is 2. The third-order valence-electron chi connectivity index (χ3n) is 4.34. The van der Waals surface area contributed by atoms with E-state index in [1.54, 1.807) is 11.0 Å². The normalized spacial score (nSPS) is 15.3. The molecule has 1 aliphatic rings. The number of benzene rings is 1. The number of hydrogen-bond donors (Lipinski definition) is 1. The van der Waals surface area contributed by atoms with Crippen LogP contribution in [0.15, 0.2) is 47.3 Å². The fourth-order valence-electron chi connectivity index (χ4n) is 2.97. The average Bonchev–Trinajstić information content (AvgIpc) is 3.31. The van der Waals surface area contributed by atoms with E-state index in [-0.39, 0.29) is 11.8 Å². The van der Waals surface area contributed by atoms with Gasteiger partial charge in [0.1, 0.15) is 6.26 Å². The Morgan fingerprint density at radius 2 is 1.96 bits per heavy atom. The van der Waals surface area contributed by atoms with Crippen molar-refractivity contribution in [3.8, 4) is 0 Å². The Morgan fingerprint density at radius 1 is 1.15 bits per heavy atom. The van der Waals surface area contributed by atoms with Gasteiger partial charge in [-0.05, 0) is 18.2 Å². The van der Waals surface area contributed by atoms with Gasteiger partial charge in [0.05, 0.1) is 28.6 Å². The van der Waals surface area contributed by atoms with E-state index in [1.165, 1.54) is 23.9 Å². The third kappa shape index (κ3) is 3.61. The van der Waals surface area contributed by atoms with Crippen molar-refractivity contribution >= 4 is 38.5 Å². The van der Waals surface area contributed by atoms with Gasteiger partial charge in [-0.3, -0.25) is 14.5 Å². The topological polar surface area (TPSA) is 78.7 Å². The van der Waals surface area contributed by atoms with Gasteiger partial charge >= 0.3 is 0 Å². The van der Waals surface area contributed by atoms with E-state index in [1.807, 2.05) is 29.2 Å². The molecule has 3 aromatic rings. The van der Waals surface area contributed by atoms with Crippen molar-refractivity contribution < 1.29 is 14.0 Å². The van der Waals surface area contributed by atoms with E-state index < -0.39 is 0 Å². The van der Waals surface area contributed by atoms with Gasteiger partial charge < -0.3 is 14.6 Å². The monoisotopic (exact) mass is 370 g/mol. The van der Waals surface area contributed by atoms with Gasteiger partial charge in [0.2, 0.25) is 5.91 Å². The molecule has 134 valence electrons. The van der Waals surface area contributed by atoms with Gasteiger partial charge in [0.15, 0.2) is 5.13 Å². The van der Waals surface area contributed by atoms with Crippen LogP contribution in [-0.4, -0.2) is 59.3 Å². The van der Waals surface area contributed by atoms with E-state index >= 15 is 0 Å². The molecular formula is C18H18N4O3S. The molecule has 7 nitrogen and oxygen atoms in total. The molecule has 2 aromatic heterocycles. The zero-order valence-corrected chi connectivity index (χ0v) is 14.9. The Hall–Kier alpha value is -2.71. The second-order valence-corrected chi connectivity index (χ2v) is 7.15. The van der Waals surface area contributed by atoms with Crippen LogP contribution in [0.25, 0.3) is 10.2 Å². The number of furan rings is 1. The maximum absolute atomic E-state index is 12.3. The molecular weight excluding hydrogens is 352 g/mol. The number of nitrogens with zero attached hydrogens (tertiary/aromatic N) is 3. The fourth-order valence-corrected chi connectivity index (χ4v) is 3.85. The average molecular weight is 370 g/mol. The molecule has 1 saturated heterocycles. The predicted molar refractivity (Wildman–Crippen MR) is 99.3 cm³/mol. The molecule has 8 heteroatoms. The lowest BCUT2D eigenvalue weighted by atomic mass is 10.2. The van der Waals surface area contributed by atoms with Crippen LogP contribution in [0.2, 0.25) is 0 Å². The van der Waals surface area contributed by atoms with Crippen molar-refractivity contribution in [3.63, 3.8) is 0 Å². The molecule has 0 atom stereocenters. The summed E-state index contributed by atoms with van der Waals surface area (Å²) >= 11 is 1.47. The van der Waals surface area contributed by atoms with E-state index in [2.05, 4.69) is 10.3 Å². The second-order valence-electron chi connectivity index (χ2n) is 6.12. The number of anilines is 1. The summed E-state index contributed by atoms with van der Waals surface area (Å²) in [6, 6.07) is 9.46. The highest BCUT2D eigenvalue weighted by Crippen LogP contribution is 2.25. The van der Waals surface area contributed by atoms with Crippen LogP contribution < -0.4 is 5.32 Å². The van der Waals surface area contributed by atoms with Crippen LogP contribution in [0.3, 0.4) is 0 Å². The van der Waals surface area contributed by atoms with Crippen LogP contribution in [-0.2, 0) is 4.79 Å². The largest absolute Gasteiger partial charge is 0.472 e. The lowest BCUT2D eigenvalue weighted by molar-refractivity contribution is -0.117. The number of rotatable bonds is 4. The smallest absolute Gasteiger partial charge is 0.257 e. The van der Waals surface area contributed by atoms with Gasteiger partial charge in [-0.2, -0.15) is 0 Å². The number of aromatic nitrogens is 1. The first-order chi connectivity index (χ1) is 12.7. The summed E-state index contributed by atoms with van der Waals surface area (Å²) < 4.78 is 6.01. The number of piperazine rings is 1. The van der Waals surface area contributed by atoms with Crippen LogP contribution in [0.1, 0.15) is 10.4 Å². The van der Waals surface area contributed by atoms with Crippen molar-refractivity contribution in [2.24, 2.45) is 0 Å². The summed E-state index contributed by atoms with van der Waals surface area (Å²) in [4.78, 5) is 32.8. The number of amides is 2. The van der Waals surface area contributed by atoms with Crippen molar-refractivity contribution in [3.05, 3.63) is 48.4 Å². The molecule has 1 N–H and O–H groups in total. The zero-order chi connectivity index (χ0) is 17.9. The molecule has 0 radical (unpaired) electrons. The molecule has 26 heavy (non-hydrogen) atoms. The number of nitrogens with one attached hydrogen (secondary N) is 1. The molecule has 1 aromatic carbocycles. The predicted octanol–water partition coefficient (Wildman–Crippen LogP) is 2.29. The molecule has 1 aliphatic heterocycles. The summed E-state index contributed by atoms with van der Waals surface area (Å²) in [5.74, 6) is -0.115. The molecule has 3 heterocycles. The number of fused-ring (bicyclic) bond motifs is 1. The minimum absolute atomic E-state index is 0.0303. The maximum atomic E-state index is 12.3. The Balaban J connectivity index is 1.28. The van der Waals surface area contributed by atoms with Crippen LogP contribution >= 0.6 is 11.3 Å². The molecule has 0 bridgehead atoms. The van der Waals surface area contributed by atoms with E-state index in [9.17, 15) is 9.59 Å². The summed E-state index contributed by atoms with van der Waals surface area (Å²) in [5, 5.41) is 3.48. The first kappa shape index (κ1) is 16.7. The Bertz CT molecular complexity index is 881. The van der Waals surface area contributed by atoms with E-state index in [0.717, 1.165) is 10.2 Å². The van der Waals surface area contributed by atoms with Crippen molar-refractivity contribution in [2.75, 3.05) is 38.0 Å². The first-order valence-corrected chi connectivity index (χ1v) is 9.20. The van der Waals surface area contributed by atoms with E-state index in [4.69, 9.17) is 4.42 Å². The summed E-state index contributed by atoms with van der Waals surface area (Å²) in [6.45, 7) is 2.81. The van der Waals surface area contributed by atoms with Gasteiger partial charge in [-0.1, -0.05) is 23.5 Å². The molecule has 1 fully saturated rings. The highest BCUT2D eigenvalue weighted by atomic mass is 32.1. The van der Waals surface area contributed by atoms with Gasteiger partial charge in [-0.25, -0.2) is 4.98 Å². The Labute approximate surface area is 154 Å². The van der Waals surface area contributed by atoms with Crippen molar-refractivity contribution in [2.45, 2.75) is 0 Å². The Kier molecular flexibility index (Phi) is 4.68. The van der Waals surface area contributed by atoms with Crippen LogP contribution in [0.5, 0.6) is 0 Å². The molecule has 0 aliphatic carbocycles. The summed E-state index contributed by atoms with van der Waals surface area (Å²) in [6.07, 6.45) is 2.95. The summed E-state index contributed by atoms with van der Waals surface area (Å²) in [7, 11) is 0. The van der Waals surface area contributed by atoms with Gasteiger partial charge in [-0.15, -0.1) is 0 Å². The van der Waals surface area contributed by atoms with Crippen molar-refractivity contribution in [1.29, 1.82) is 0 Å². The standard InChI is InChI=1S/C18H18N4O3S/c23-16(20-18-19-14-3-1-2-4-15(14)26-18)11-21-6-8-22(9-7-21)17(24)13-5-10-25-12-13/h1-5,10,12H,6-9,11H2,(H,19,20,23). The number of thiazole rings is 1. The fraction of sp³-hybridized carbons (Fsp3) is 0.278. The maximum Gasteiger partial charge on any atom is 0.257 e. The molecule has 0 spiro atoms. The number of hydrogen-bond acceptors (Lipinski definition) is 6. The Morgan fingerprint density at radius 3 is 2.69 bits per heavy atom. The first-order valence-electron chi connectivity index (χ1n) is 8.38. The van der Waals surface area contributed by atoms with E-state index in [0.29, 0.717) is 43.4 Å². The highest BCUT2D eigenvalue weighted by Gasteiger charge is 2.24. The minimum Gasteiger partial charge on any atom is -0.472 e. The molecule has 4 rings (SSSR count). The molecule has 0 saturated carbocycles. The van der Waals surface area contributed by atoms with Gasteiger partial charge in [0, 0.05) is 26.2 Å². The lowest BCUT2D eigenvalue weighted by Crippen LogP contribution is -2.50. The van der Waals surface area contributed by atoms with Gasteiger partial charge in [0.25, 0.3) is 5.91 Å². The minimum atomic E-state index is -0.0846. The second kappa shape index (κ2) is 7.27. The highest BCUT2D eigenvalue weighted by molar-refractivity contribution is 7.22. The third-order valence-corrected chi connectivity index (χ3v) is 5.29. The SMILES string of the molecule is O=C(CN1CCN(C(=O)c2ccoc2)CC1)Nc1nc2ccccc2s1. The number of carbonyl (C=O) groups excluding carboxylic acids is 2. The zero-order valence-electron chi connectivity index (χ0n) is 14.1. The number of para-hydroxylation sites is 1. The van der Waals surface area contributed by atoms with Crippen molar-refractivity contribution in [1.82, 2.24) is 14.8 Å². The molecule has 2 amide bonds. The quantitative estimate of drug-likeness (QED) is 0.762. The van der Waals surface area contributed by atoms with Crippen LogP contribution in [0.4, 0.5) is 5.13 Å². The lowest BCUT2D eigenvalue weighted by Gasteiger charge is -2.34. The van der Waals surface area contributed by atoms with Crippen LogP contribution in [0, 0.1) is 0 Å².